The van der Waals surface area contributed by atoms with Crippen LogP contribution in [0.15, 0.2) is 42.5 Å². The molecule has 7 nitrogen and oxygen atoms in total. The van der Waals surface area contributed by atoms with Crippen LogP contribution in [0.1, 0.15) is 35.6 Å². The maximum atomic E-state index is 12.7. The number of aromatic amines is 2. The number of hydrogen-bond acceptors (Lipinski definition) is 4. The molecule has 2 heterocycles. The van der Waals surface area contributed by atoms with E-state index in [1.807, 2.05) is 37.3 Å². The molecule has 0 radical (unpaired) electrons. The van der Waals surface area contributed by atoms with Crippen molar-refractivity contribution >= 4 is 28.0 Å². The van der Waals surface area contributed by atoms with Crippen molar-refractivity contribution in [1.82, 2.24) is 30.7 Å². The predicted molar refractivity (Wildman–Crippen MR) is 90.5 cm³/mol. The summed E-state index contributed by atoms with van der Waals surface area (Å²) in [6.07, 6.45) is 0.723. The molecular formula is C17H16N6O. The number of carbonyl (C=O) groups is 1. The lowest BCUT2D eigenvalue weighted by Crippen LogP contribution is -2.29. The molecule has 1 atom stereocenters. The minimum absolute atomic E-state index is 0.193. The predicted octanol–water partition coefficient (Wildman–Crippen LogP) is 2.72. The van der Waals surface area contributed by atoms with Crippen molar-refractivity contribution in [3.63, 3.8) is 0 Å². The smallest absolute Gasteiger partial charge is 0.254 e. The van der Waals surface area contributed by atoms with Gasteiger partial charge in [0.1, 0.15) is 16.9 Å². The van der Waals surface area contributed by atoms with E-state index >= 15 is 0 Å². The van der Waals surface area contributed by atoms with Crippen molar-refractivity contribution in [2.75, 3.05) is 0 Å². The molecule has 0 aliphatic rings. The van der Waals surface area contributed by atoms with Gasteiger partial charge in [0.25, 0.3) is 5.91 Å². The third-order valence-corrected chi connectivity index (χ3v) is 4.04. The number of benzene rings is 2. The summed E-state index contributed by atoms with van der Waals surface area (Å²) in [6.45, 7) is 2.01. The minimum atomic E-state index is -0.202. The van der Waals surface area contributed by atoms with E-state index in [4.69, 9.17) is 0 Å². The number of fused-ring (bicyclic) bond motifs is 2. The molecule has 0 saturated carbocycles. The Morgan fingerprint density at radius 1 is 1.12 bits per heavy atom. The summed E-state index contributed by atoms with van der Waals surface area (Å²) in [5, 5.41) is 13.7. The first kappa shape index (κ1) is 14.4. The molecule has 0 aliphatic heterocycles. The Balaban J connectivity index is 1.64. The largest absolute Gasteiger partial charge is 0.342 e. The lowest BCUT2D eigenvalue weighted by Gasteiger charge is -2.14. The highest BCUT2D eigenvalue weighted by molar-refractivity contribution is 6.04. The van der Waals surface area contributed by atoms with E-state index in [0.717, 1.165) is 23.3 Å². The Morgan fingerprint density at radius 3 is 2.79 bits per heavy atom. The lowest BCUT2D eigenvalue weighted by atomic mass is 10.1. The van der Waals surface area contributed by atoms with Gasteiger partial charge in [0.2, 0.25) is 0 Å². The van der Waals surface area contributed by atoms with E-state index < -0.39 is 0 Å². The summed E-state index contributed by atoms with van der Waals surface area (Å²) >= 11 is 0. The Hall–Kier alpha value is -3.22. The quantitative estimate of drug-likeness (QED) is 0.538. The maximum absolute atomic E-state index is 12.7. The van der Waals surface area contributed by atoms with E-state index in [2.05, 4.69) is 30.7 Å². The first-order chi connectivity index (χ1) is 11.8. The van der Waals surface area contributed by atoms with Crippen LogP contribution in [0.4, 0.5) is 0 Å². The molecule has 4 rings (SSSR count). The Labute approximate surface area is 137 Å². The van der Waals surface area contributed by atoms with E-state index in [-0.39, 0.29) is 11.9 Å². The highest BCUT2D eigenvalue weighted by Crippen LogP contribution is 2.20. The summed E-state index contributed by atoms with van der Waals surface area (Å²) in [5.41, 5.74) is 3.57. The average Bonchev–Trinajstić information content (AvgIpc) is 3.25. The van der Waals surface area contributed by atoms with Gasteiger partial charge in [0.15, 0.2) is 0 Å². The third-order valence-electron chi connectivity index (χ3n) is 4.04. The Morgan fingerprint density at radius 2 is 1.96 bits per heavy atom. The van der Waals surface area contributed by atoms with Crippen LogP contribution < -0.4 is 5.32 Å². The molecule has 0 saturated heterocycles. The molecule has 0 spiro atoms. The van der Waals surface area contributed by atoms with Gasteiger partial charge in [-0.1, -0.05) is 25.1 Å². The van der Waals surface area contributed by atoms with Crippen molar-refractivity contribution in [3.8, 4) is 0 Å². The zero-order valence-corrected chi connectivity index (χ0v) is 13.1. The molecule has 1 amide bonds. The van der Waals surface area contributed by atoms with Crippen LogP contribution in [-0.2, 0) is 0 Å². The fourth-order valence-corrected chi connectivity index (χ4v) is 2.79. The third kappa shape index (κ3) is 2.40. The van der Waals surface area contributed by atoms with Crippen molar-refractivity contribution in [3.05, 3.63) is 53.9 Å². The summed E-state index contributed by atoms with van der Waals surface area (Å²) in [4.78, 5) is 20.5. The Bertz CT molecular complexity index is 985. The summed E-state index contributed by atoms with van der Waals surface area (Å²) in [5.74, 6) is 0.557. The molecule has 4 aromatic rings. The number of rotatable bonds is 4. The lowest BCUT2D eigenvalue weighted by molar-refractivity contribution is 0.0935. The highest BCUT2D eigenvalue weighted by Gasteiger charge is 2.19. The van der Waals surface area contributed by atoms with E-state index in [1.54, 1.807) is 12.1 Å². The summed E-state index contributed by atoms with van der Waals surface area (Å²) in [7, 11) is 0. The van der Waals surface area contributed by atoms with Gasteiger partial charge in [-0.15, -0.1) is 0 Å². The van der Waals surface area contributed by atoms with Crippen molar-refractivity contribution < 1.29 is 4.79 Å². The average molecular weight is 320 g/mol. The minimum Gasteiger partial charge on any atom is -0.342 e. The fourth-order valence-electron chi connectivity index (χ4n) is 2.79. The molecule has 3 N–H and O–H groups in total. The maximum Gasteiger partial charge on any atom is 0.254 e. The molecule has 24 heavy (non-hydrogen) atoms. The number of amides is 1. The Kier molecular flexibility index (Phi) is 3.45. The molecule has 120 valence electrons. The SMILES string of the molecule is CC[C@@H](NC(=O)c1cccc2n[nH]nc12)c1nc2ccccc2[nH]1. The van der Waals surface area contributed by atoms with Gasteiger partial charge < -0.3 is 10.3 Å². The number of aromatic nitrogens is 5. The van der Waals surface area contributed by atoms with Crippen LogP contribution in [0.2, 0.25) is 0 Å². The zero-order valence-electron chi connectivity index (χ0n) is 13.1. The molecule has 2 aromatic carbocycles. The second-order valence-corrected chi connectivity index (χ2v) is 5.57. The fraction of sp³-hybridized carbons (Fsp3) is 0.176. The summed E-state index contributed by atoms with van der Waals surface area (Å²) in [6, 6.07) is 13.0. The van der Waals surface area contributed by atoms with Crippen LogP contribution in [0, 0.1) is 0 Å². The standard InChI is InChI=1S/C17H16N6O/c1-2-11(16-18-12-7-3-4-8-13(12)19-16)20-17(24)10-6-5-9-14-15(10)22-23-21-14/h3-9,11H,2H2,1H3,(H,18,19)(H,20,24)(H,21,22,23)/t11-/m1/s1. The molecule has 0 unspecified atom stereocenters. The highest BCUT2D eigenvalue weighted by atomic mass is 16.1. The molecule has 0 fully saturated rings. The second kappa shape index (κ2) is 5.77. The zero-order chi connectivity index (χ0) is 16.5. The van der Waals surface area contributed by atoms with Gasteiger partial charge in [0.05, 0.1) is 22.6 Å². The summed E-state index contributed by atoms with van der Waals surface area (Å²) < 4.78 is 0. The number of hydrogen-bond donors (Lipinski definition) is 3. The molecule has 2 aromatic heterocycles. The van der Waals surface area contributed by atoms with Crippen molar-refractivity contribution in [2.45, 2.75) is 19.4 Å². The van der Waals surface area contributed by atoms with Gasteiger partial charge in [-0.05, 0) is 30.7 Å². The molecule has 7 heteroatoms. The van der Waals surface area contributed by atoms with Crippen molar-refractivity contribution in [1.29, 1.82) is 0 Å². The van der Waals surface area contributed by atoms with Crippen molar-refractivity contribution in [2.24, 2.45) is 0 Å². The van der Waals surface area contributed by atoms with Gasteiger partial charge in [0, 0.05) is 0 Å². The van der Waals surface area contributed by atoms with Gasteiger partial charge in [-0.2, -0.15) is 15.4 Å². The number of carbonyl (C=O) groups excluding carboxylic acids is 1. The van der Waals surface area contributed by atoms with E-state index in [0.29, 0.717) is 16.6 Å². The van der Waals surface area contributed by atoms with Crippen LogP contribution in [-0.4, -0.2) is 31.3 Å². The first-order valence-electron chi connectivity index (χ1n) is 7.81. The molecule has 0 bridgehead atoms. The monoisotopic (exact) mass is 320 g/mol. The number of nitrogens with one attached hydrogen (secondary N) is 3. The normalized spacial score (nSPS) is 12.5. The van der Waals surface area contributed by atoms with Gasteiger partial charge in [-0.3, -0.25) is 4.79 Å². The van der Waals surface area contributed by atoms with Crippen LogP contribution in [0.5, 0.6) is 0 Å². The van der Waals surface area contributed by atoms with Gasteiger partial charge in [-0.25, -0.2) is 4.98 Å². The first-order valence-corrected chi connectivity index (χ1v) is 7.81. The second-order valence-electron chi connectivity index (χ2n) is 5.57. The molecular weight excluding hydrogens is 304 g/mol. The number of H-pyrrole nitrogens is 2. The van der Waals surface area contributed by atoms with Crippen LogP contribution in [0.25, 0.3) is 22.1 Å². The topological polar surface area (TPSA) is 99.3 Å². The van der Waals surface area contributed by atoms with E-state index in [9.17, 15) is 4.79 Å². The van der Waals surface area contributed by atoms with Crippen LogP contribution in [0.3, 0.4) is 0 Å². The number of nitrogens with zero attached hydrogens (tertiary/aromatic N) is 3. The molecule has 0 aliphatic carbocycles. The van der Waals surface area contributed by atoms with Crippen LogP contribution >= 0.6 is 0 Å². The van der Waals surface area contributed by atoms with E-state index in [1.165, 1.54) is 0 Å². The number of imidazole rings is 1. The number of para-hydroxylation sites is 3. The van der Waals surface area contributed by atoms with Gasteiger partial charge >= 0.3 is 0 Å².